The van der Waals surface area contributed by atoms with Crippen molar-refractivity contribution < 1.29 is 32.3 Å². The second-order valence-electron chi connectivity index (χ2n) is 7.87. The van der Waals surface area contributed by atoms with Crippen molar-refractivity contribution in [1.82, 2.24) is 0 Å². The second kappa shape index (κ2) is 15.3. The molecule has 2 rings (SSSR count). The summed E-state index contributed by atoms with van der Waals surface area (Å²) in [4.78, 5) is 24.2. The van der Waals surface area contributed by atoms with E-state index in [1.54, 1.807) is 70.7 Å². The maximum absolute atomic E-state index is 12.8. The maximum Gasteiger partial charge on any atom is 0.500 e. The summed E-state index contributed by atoms with van der Waals surface area (Å²) in [6.07, 6.45) is 7.06. The zero-order chi connectivity index (χ0) is 25.5. The predicted molar refractivity (Wildman–Crippen MR) is 138 cm³/mol. The molecule has 7 nitrogen and oxygen atoms in total. The maximum atomic E-state index is 12.8. The molecule has 0 amide bonds. The van der Waals surface area contributed by atoms with Gasteiger partial charge in [0.05, 0.1) is 13.2 Å². The van der Waals surface area contributed by atoms with Gasteiger partial charge in [-0.2, -0.15) is 0 Å². The fraction of sp³-hybridized carbons (Fsp3) is 0.407. The minimum absolute atomic E-state index is 0.0692. The van der Waals surface area contributed by atoms with Crippen molar-refractivity contribution in [2.75, 3.05) is 34.5 Å². The Balaban J connectivity index is 1.75. The minimum Gasteiger partial charge on any atom is -0.494 e. The molecular formula is C27H36O7Si. The van der Waals surface area contributed by atoms with Gasteiger partial charge in [0, 0.05) is 44.6 Å². The van der Waals surface area contributed by atoms with Gasteiger partial charge in [-0.3, -0.25) is 4.79 Å². The summed E-state index contributed by atoms with van der Waals surface area (Å²) >= 11 is 0. The Bertz CT molecular complexity index is 927. The van der Waals surface area contributed by atoms with E-state index in [0.717, 1.165) is 43.0 Å². The molecule has 0 aromatic heterocycles. The summed E-state index contributed by atoms with van der Waals surface area (Å²) in [7, 11) is 2.43. The van der Waals surface area contributed by atoms with Crippen molar-refractivity contribution in [3.8, 4) is 5.75 Å². The van der Waals surface area contributed by atoms with E-state index in [-0.39, 0.29) is 5.78 Å². The van der Waals surface area contributed by atoms with Gasteiger partial charge in [0.2, 0.25) is 0 Å². The molecule has 0 heterocycles. The average Bonchev–Trinajstić information content (AvgIpc) is 2.90. The number of rotatable bonds is 16. The number of carbonyl (C=O) groups is 2. The molecule has 0 saturated heterocycles. The van der Waals surface area contributed by atoms with Crippen LogP contribution in [0.25, 0.3) is 6.08 Å². The zero-order valence-corrected chi connectivity index (χ0v) is 22.1. The van der Waals surface area contributed by atoms with Crippen molar-refractivity contribution in [3.63, 3.8) is 0 Å². The van der Waals surface area contributed by atoms with Gasteiger partial charge in [-0.15, -0.1) is 0 Å². The van der Waals surface area contributed by atoms with Crippen LogP contribution in [0.5, 0.6) is 5.75 Å². The number of ether oxygens (including phenoxy) is 2. The molecule has 0 spiro atoms. The first-order chi connectivity index (χ1) is 17.0. The van der Waals surface area contributed by atoms with Crippen molar-refractivity contribution in [2.45, 2.75) is 38.7 Å². The Labute approximate surface area is 209 Å². The number of hydrogen-bond donors (Lipinski definition) is 0. The normalized spacial score (nSPS) is 11.5. The van der Waals surface area contributed by atoms with Gasteiger partial charge < -0.3 is 22.8 Å². The number of ketones is 1. The molecule has 0 fully saturated rings. The summed E-state index contributed by atoms with van der Waals surface area (Å²) < 4.78 is 27.0. The van der Waals surface area contributed by atoms with Crippen molar-refractivity contribution in [1.29, 1.82) is 0 Å². The quantitative estimate of drug-likeness (QED) is 0.102. The molecule has 190 valence electrons. The van der Waals surface area contributed by atoms with Crippen LogP contribution in [-0.2, 0) is 22.8 Å². The van der Waals surface area contributed by atoms with E-state index >= 15 is 0 Å². The molecule has 2 aromatic rings. The van der Waals surface area contributed by atoms with Crippen LogP contribution in [0.2, 0.25) is 6.04 Å². The van der Waals surface area contributed by atoms with E-state index in [0.29, 0.717) is 24.3 Å². The Hall–Kier alpha value is -2.78. The van der Waals surface area contributed by atoms with Gasteiger partial charge >= 0.3 is 14.8 Å². The monoisotopic (exact) mass is 500 g/mol. The van der Waals surface area contributed by atoms with Crippen LogP contribution in [0.15, 0.2) is 54.6 Å². The second-order valence-corrected chi connectivity index (χ2v) is 11.0. The summed E-state index contributed by atoms with van der Waals surface area (Å²) in [5.41, 5.74) is 1.99. The van der Waals surface area contributed by atoms with Crippen LogP contribution in [0.3, 0.4) is 0 Å². The molecule has 0 aliphatic heterocycles. The Morgan fingerprint density at radius 1 is 0.800 bits per heavy atom. The third-order valence-electron chi connectivity index (χ3n) is 5.57. The molecule has 0 bridgehead atoms. The summed E-state index contributed by atoms with van der Waals surface area (Å²) in [6, 6.07) is 15.1. The van der Waals surface area contributed by atoms with E-state index in [4.69, 9.17) is 22.8 Å². The number of carbonyl (C=O) groups excluding carboxylic acids is 2. The molecule has 8 heteroatoms. The number of hydrogen-bond acceptors (Lipinski definition) is 7. The SMILES string of the molecule is CCOC(=O)/C=C/c1ccc(C(=O)c2ccc(OCCCCCC[Si](OC)(OC)OC)cc2)cc1. The van der Waals surface area contributed by atoms with Crippen LogP contribution >= 0.6 is 0 Å². The van der Waals surface area contributed by atoms with E-state index in [1.165, 1.54) is 6.08 Å². The van der Waals surface area contributed by atoms with E-state index in [2.05, 4.69) is 0 Å². The molecule has 0 aliphatic rings. The molecule has 0 unspecified atom stereocenters. The fourth-order valence-electron chi connectivity index (χ4n) is 3.51. The van der Waals surface area contributed by atoms with Crippen LogP contribution in [0.4, 0.5) is 0 Å². The molecule has 2 aromatic carbocycles. The van der Waals surface area contributed by atoms with E-state index in [1.807, 2.05) is 12.1 Å². The lowest BCUT2D eigenvalue weighted by molar-refractivity contribution is -0.137. The fourth-order valence-corrected chi connectivity index (χ4v) is 5.31. The highest BCUT2D eigenvalue weighted by Crippen LogP contribution is 2.19. The lowest BCUT2D eigenvalue weighted by Gasteiger charge is -2.24. The van der Waals surface area contributed by atoms with E-state index in [9.17, 15) is 9.59 Å². The van der Waals surface area contributed by atoms with Crippen molar-refractivity contribution in [3.05, 3.63) is 71.3 Å². The third-order valence-corrected chi connectivity index (χ3v) is 8.40. The summed E-state index contributed by atoms with van der Waals surface area (Å²) in [6.45, 7) is 2.71. The van der Waals surface area contributed by atoms with Gasteiger partial charge in [0.25, 0.3) is 0 Å². The van der Waals surface area contributed by atoms with Crippen molar-refractivity contribution in [2.24, 2.45) is 0 Å². The molecule has 0 atom stereocenters. The number of esters is 1. The zero-order valence-electron chi connectivity index (χ0n) is 21.1. The van der Waals surface area contributed by atoms with Crippen LogP contribution in [0.1, 0.15) is 54.1 Å². The molecule has 0 radical (unpaired) electrons. The lowest BCUT2D eigenvalue weighted by atomic mass is 10.0. The molecule has 0 aliphatic carbocycles. The average molecular weight is 501 g/mol. The van der Waals surface area contributed by atoms with Gasteiger partial charge in [0.1, 0.15) is 5.75 Å². The largest absolute Gasteiger partial charge is 0.500 e. The molecule has 35 heavy (non-hydrogen) atoms. The Kier molecular flexibility index (Phi) is 12.4. The first-order valence-electron chi connectivity index (χ1n) is 11.8. The number of benzene rings is 2. The Morgan fingerprint density at radius 2 is 1.37 bits per heavy atom. The summed E-state index contributed by atoms with van der Waals surface area (Å²) in [5, 5.41) is 0. The highest BCUT2D eigenvalue weighted by Gasteiger charge is 2.36. The first kappa shape index (κ1) is 28.5. The lowest BCUT2D eigenvalue weighted by Crippen LogP contribution is -2.42. The van der Waals surface area contributed by atoms with Crippen molar-refractivity contribution >= 4 is 26.6 Å². The highest BCUT2D eigenvalue weighted by atomic mass is 28.4. The van der Waals surface area contributed by atoms with Crippen LogP contribution in [-0.4, -0.2) is 55.1 Å². The third kappa shape index (κ3) is 9.41. The van der Waals surface area contributed by atoms with Gasteiger partial charge in [-0.05, 0) is 55.7 Å². The van der Waals surface area contributed by atoms with Gasteiger partial charge in [-0.25, -0.2) is 4.79 Å². The van der Waals surface area contributed by atoms with Gasteiger partial charge in [-0.1, -0.05) is 37.1 Å². The number of unbranched alkanes of at least 4 members (excludes halogenated alkanes) is 3. The van der Waals surface area contributed by atoms with Crippen LogP contribution < -0.4 is 4.74 Å². The standard InChI is InChI=1S/C27H36O7Si/c1-5-33-26(28)19-12-22-10-13-23(14-11-22)27(29)24-15-17-25(18-16-24)34-20-8-6-7-9-21-35(30-2,31-3)32-4/h10-19H,5-9,20-21H2,1-4H3/b19-12+. The predicted octanol–water partition coefficient (Wildman–Crippen LogP) is 5.31. The molecular weight excluding hydrogens is 464 g/mol. The highest BCUT2D eigenvalue weighted by molar-refractivity contribution is 6.60. The van der Waals surface area contributed by atoms with Gasteiger partial charge in [0.15, 0.2) is 5.78 Å². The topological polar surface area (TPSA) is 80.3 Å². The molecule has 0 N–H and O–H groups in total. The van der Waals surface area contributed by atoms with Crippen LogP contribution in [0, 0.1) is 0 Å². The minimum atomic E-state index is -2.47. The molecule has 0 saturated carbocycles. The van der Waals surface area contributed by atoms with E-state index < -0.39 is 14.8 Å². The Morgan fingerprint density at radius 3 is 1.94 bits per heavy atom. The smallest absolute Gasteiger partial charge is 0.494 e. The summed E-state index contributed by atoms with van der Waals surface area (Å²) in [5.74, 6) is 0.282. The first-order valence-corrected chi connectivity index (χ1v) is 13.8.